The van der Waals surface area contributed by atoms with E-state index in [1.807, 2.05) is 0 Å². The number of carbonyl (C=O) groups is 12. The largest absolute Gasteiger partial charge is 2.00 e. The van der Waals surface area contributed by atoms with Crippen molar-refractivity contribution in [2.45, 2.75) is 75.5 Å². The molecule has 22 heteroatoms. The summed E-state index contributed by atoms with van der Waals surface area (Å²) < 4.78 is 0. The molecule has 382 valence electrons. The van der Waals surface area contributed by atoms with Crippen LogP contribution in [-0.2, 0) is 58.1 Å². The predicted molar refractivity (Wildman–Crippen MR) is 253 cm³/mol. The first-order valence-corrected chi connectivity index (χ1v) is 23.5. The van der Waals surface area contributed by atoms with E-state index in [9.17, 15) is 57.5 Å². The smallest absolute Gasteiger partial charge is 0.652 e. The second-order valence-electron chi connectivity index (χ2n) is 17.6. The average Bonchev–Trinajstić information content (AvgIpc) is 4.01. The number of piperidine rings is 4. The predicted octanol–water partition coefficient (Wildman–Crippen LogP) is 5.38. The quantitative estimate of drug-likeness (QED) is 0.184. The number of rotatable bonds is 4. The molecule has 12 amide bonds. The number of nitrogens with zero attached hydrogens (tertiary/aromatic N) is 8. The third-order valence-electron chi connectivity index (χ3n) is 13.3. The number of hydrogen-bond donors (Lipinski definition) is 0. The summed E-state index contributed by atoms with van der Waals surface area (Å²) >= 11 is 0. The Morgan fingerprint density at radius 3 is 0.554 bits per heavy atom. The molecule has 4 fully saturated rings. The van der Waals surface area contributed by atoms with E-state index in [0.717, 1.165) is 45.3 Å². The van der Waals surface area contributed by atoms with Crippen LogP contribution < -0.4 is 0 Å². The summed E-state index contributed by atoms with van der Waals surface area (Å²) in [6, 6.07) is 23.7. The molecule has 74 heavy (non-hydrogen) atoms. The van der Waals surface area contributed by atoms with Crippen LogP contribution in [0.25, 0.3) is 21.3 Å². The first-order chi connectivity index (χ1) is 34.8. The van der Waals surface area contributed by atoms with Crippen LogP contribution in [0.15, 0.2) is 97.1 Å². The molecule has 2 radical (unpaired) electrons. The fraction of sp³-hybridized carbons (Fsp3) is 0.308. The third kappa shape index (κ3) is 10.1. The Kier molecular flexibility index (Phi) is 17.0. The molecule has 8 heterocycles. The van der Waals surface area contributed by atoms with Crippen LogP contribution in [0.5, 0.6) is 0 Å². The van der Waals surface area contributed by atoms with E-state index < -0.39 is 24.2 Å². The standard InChI is InChI=1S/4C13H12N2O3.2Rh/c4*16-11-10(6-3-7-14-11)15-12(17)8-4-1-2-5-9(8)13(15)18;;/h4*1-2,4-5,10H,3,6-7H2,(H,14,16);;/q;;;;2*+2/p-4/t4*10-;;/m0000../s1. The van der Waals surface area contributed by atoms with Gasteiger partial charge in [-0.05, 0) is 74.2 Å². The summed E-state index contributed by atoms with van der Waals surface area (Å²) in [4.78, 5) is 148. The minimum absolute atomic E-state index is 0. The topological polar surface area (TPSA) is 274 Å². The van der Waals surface area contributed by atoms with Gasteiger partial charge in [-0.3, -0.25) is 58.0 Å². The Balaban J connectivity index is 0.000000143. The normalized spacial score (nSPS) is 22.4. The van der Waals surface area contributed by atoms with Gasteiger partial charge in [-0.15, -0.1) is 26.2 Å². The SMILES string of the molecule is O=C1[N-]CCC[C@@H]1N1C(=O)c2ccccc2C1=O.O=C1[N-]CCC[C@@H]1N1C(=O)c2ccccc2C1=O.O=C1[N-]CCC[C@@H]1N1C(=O)c2ccccc2C1=O.O=C1[N-]CCC[C@@H]1N1C(=O)c2ccccc2C1=O.[Rh+2].[Rh+2]. The molecular formula is C52H44N8O12Rh2. The molecule has 0 bridgehead atoms. The van der Waals surface area contributed by atoms with Crippen molar-refractivity contribution in [1.29, 1.82) is 0 Å². The molecule has 8 aliphatic rings. The van der Waals surface area contributed by atoms with Gasteiger partial charge < -0.3 is 40.4 Å². The Bertz CT molecular complexity index is 2480. The molecule has 4 aromatic carbocycles. The van der Waals surface area contributed by atoms with Crippen molar-refractivity contribution in [3.05, 3.63) is 163 Å². The zero-order valence-electron chi connectivity index (χ0n) is 39.2. The number of benzene rings is 4. The summed E-state index contributed by atoms with van der Waals surface area (Å²) in [5.74, 6) is -4.53. The maximum absolute atomic E-state index is 12.2. The molecule has 0 spiro atoms. The van der Waals surface area contributed by atoms with Crippen molar-refractivity contribution in [3.8, 4) is 0 Å². The molecular weight excluding hydrogens is 1130 g/mol. The van der Waals surface area contributed by atoms with E-state index >= 15 is 0 Å². The number of carbonyl (C=O) groups excluding carboxylic acids is 12. The molecule has 4 saturated heterocycles. The van der Waals surface area contributed by atoms with Gasteiger partial charge in [-0.25, -0.2) is 0 Å². The summed E-state index contributed by atoms with van der Waals surface area (Å²) in [7, 11) is 0. The fourth-order valence-electron chi connectivity index (χ4n) is 9.73. The number of hydrogen-bond acceptors (Lipinski definition) is 12. The third-order valence-corrected chi connectivity index (χ3v) is 13.3. The Labute approximate surface area is 449 Å². The molecule has 0 aliphatic carbocycles. The first kappa shape index (κ1) is 54.3. The molecule has 12 rings (SSSR count). The zero-order valence-corrected chi connectivity index (χ0v) is 42.5. The zero-order chi connectivity index (χ0) is 50.8. The molecule has 0 N–H and O–H groups in total. The van der Waals surface area contributed by atoms with Crippen LogP contribution in [0, 0.1) is 0 Å². The van der Waals surface area contributed by atoms with Crippen LogP contribution >= 0.6 is 0 Å². The summed E-state index contributed by atoms with van der Waals surface area (Å²) in [5, 5.41) is 15.2. The monoisotopic (exact) mass is 1180 g/mol. The number of imide groups is 4. The van der Waals surface area contributed by atoms with Gasteiger partial charge in [0.05, 0.1) is 92.3 Å². The molecule has 0 saturated carbocycles. The maximum atomic E-state index is 12.2. The number of fused-ring (bicyclic) bond motifs is 4. The van der Waals surface area contributed by atoms with E-state index in [2.05, 4.69) is 21.3 Å². The van der Waals surface area contributed by atoms with E-state index in [4.69, 9.17) is 0 Å². The van der Waals surface area contributed by atoms with E-state index in [1.165, 1.54) is 0 Å². The molecule has 4 atom stereocenters. The van der Waals surface area contributed by atoms with Crippen molar-refractivity contribution in [1.82, 2.24) is 19.6 Å². The van der Waals surface area contributed by atoms with Crippen molar-refractivity contribution >= 4 is 70.9 Å². The van der Waals surface area contributed by atoms with Crippen LogP contribution in [0.2, 0.25) is 0 Å². The summed E-state index contributed by atoms with van der Waals surface area (Å²) in [6.45, 7) is 1.94. The molecule has 0 unspecified atom stereocenters. The maximum Gasteiger partial charge on any atom is 2.00 e. The minimum Gasteiger partial charge on any atom is -0.652 e. The van der Waals surface area contributed by atoms with Crippen LogP contribution in [0.1, 0.15) is 134 Å². The van der Waals surface area contributed by atoms with Gasteiger partial charge in [-0.1, -0.05) is 74.2 Å². The van der Waals surface area contributed by atoms with Crippen molar-refractivity contribution in [3.63, 3.8) is 0 Å². The van der Waals surface area contributed by atoms with Gasteiger partial charge in [0.2, 0.25) is 0 Å². The van der Waals surface area contributed by atoms with Gasteiger partial charge in [0.1, 0.15) is 0 Å². The van der Waals surface area contributed by atoms with Gasteiger partial charge in [0.15, 0.2) is 0 Å². The fourth-order valence-corrected chi connectivity index (χ4v) is 9.73. The van der Waals surface area contributed by atoms with Crippen molar-refractivity contribution < 1.29 is 96.5 Å². The van der Waals surface area contributed by atoms with Gasteiger partial charge in [-0.2, -0.15) is 0 Å². The van der Waals surface area contributed by atoms with E-state index in [1.54, 1.807) is 97.1 Å². The van der Waals surface area contributed by atoms with E-state index in [-0.39, 0.29) is 110 Å². The van der Waals surface area contributed by atoms with E-state index in [0.29, 0.717) is 96.4 Å². The molecule has 20 nitrogen and oxygen atoms in total. The summed E-state index contributed by atoms with van der Waals surface area (Å²) in [5.41, 5.74) is 3.01. The van der Waals surface area contributed by atoms with Crippen LogP contribution in [-0.4, -0.2) is 141 Å². The molecule has 4 aromatic rings. The molecule has 0 aromatic heterocycles. The van der Waals surface area contributed by atoms with Gasteiger partial charge >= 0.3 is 39.0 Å². The Hall–Kier alpha value is -7.43. The average molecular weight is 1180 g/mol. The van der Waals surface area contributed by atoms with Crippen molar-refractivity contribution in [2.24, 2.45) is 0 Å². The van der Waals surface area contributed by atoms with Gasteiger partial charge in [0.25, 0.3) is 47.3 Å². The Morgan fingerprint density at radius 1 is 0.270 bits per heavy atom. The Morgan fingerprint density at radius 2 is 0.419 bits per heavy atom. The second-order valence-corrected chi connectivity index (χ2v) is 17.6. The van der Waals surface area contributed by atoms with Gasteiger partial charge in [0, 0.05) is 0 Å². The second kappa shape index (κ2) is 23.2. The van der Waals surface area contributed by atoms with Crippen LogP contribution in [0.3, 0.4) is 0 Å². The van der Waals surface area contributed by atoms with Crippen LogP contribution in [0.4, 0.5) is 0 Å². The number of amides is 12. The minimum atomic E-state index is -0.717. The first-order valence-electron chi connectivity index (χ1n) is 23.5. The molecule has 8 aliphatic heterocycles. The summed E-state index contributed by atoms with van der Waals surface area (Å²) in [6.07, 6.45) is 4.93. The van der Waals surface area contributed by atoms with Crippen molar-refractivity contribution in [2.75, 3.05) is 26.2 Å².